The topological polar surface area (TPSA) is 59.1 Å². The van der Waals surface area contributed by atoms with E-state index in [9.17, 15) is 9.59 Å². The third kappa shape index (κ3) is 5.87. The highest BCUT2D eigenvalue weighted by atomic mass is 35.5. The Morgan fingerprint density at radius 2 is 1.41 bits per heavy atom. The molecule has 6 nitrogen and oxygen atoms in total. The minimum absolute atomic E-state index is 0.0528. The number of carbonyl (C=O) groups is 2. The smallest absolute Gasteiger partial charge is 0.260 e. The Balaban J connectivity index is 1.45. The SMILES string of the molecule is CCOc1ccccc1OCC(=O)N1CCN(C(=O)Cc2ccc(Cl)cc2)CC1. The van der Waals surface area contributed by atoms with Gasteiger partial charge in [-0.2, -0.15) is 0 Å². The monoisotopic (exact) mass is 416 g/mol. The van der Waals surface area contributed by atoms with Crippen LogP contribution in [0, 0.1) is 0 Å². The molecule has 2 aromatic rings. The molecular weight excluding hydrogens is 392 g/mol. The van der Waals surface area contributed by atoms with E-state index in [0.29, 0.717) is 55.7 Å². The van der Waals surface area contributed by atoms with Gasteiger partial charge in [-0.15, -0.1) is 0 Å². The number of nitrogens with zero attached hydrogens (tertiary/aromatic N) is 2. The molecule has 1 fully saturated rings. The average molecular weight is 417 g/mol. The third-order valence-electron chi connectivity index (χ3n) is 4.75. The van der Waals surface area contributed by atoms with Crippen molar-refractivity contribution in [2.24, 2.45) is 0 Å². The molecule has 2 amide bonds. The zero-order valence-electron chi connectivity index (χ0n) is 16.5. The first-order valence-electron chi connectivity index (χ1n) is 9.71. The molecule has 0 saturated carbocycles. The molecular formula is C22H25ClN2O4. The van der Waals surface area contributed by atoms with E-state index in [2.05, 4.69) is 0 Å². The molecule has 3 rings (SSSR count). The van der Waals surface area contributed by atoms with Crippen molar-refractivity contribution in [2.45, 2.75) is 13.3 Å². The molecule has 1 aliphatic heterocycles. The van der Waals surface area contributed by atoms with Crippen molar-refractivity contribution in [1.82, 2.24) is 9.80 Å². The maximum atomic E-state index is 12.5. The van der Waals surface area contributed by atoms with Crippen molar-refractivity contribution in [2.75, 3.05) is 39.4 Å². The van der Waals surface area contributed by atoms with Gasteiger partial charge in [0, 0.05) is 31.2 Å². The minimum Gasteiger partial charge on any atom is -0.490 e. The summed E-state index contributed by atoms with van der Waals surface area (Å²) in [6.45, 7) is 4.42. The number of benzene rings is 2. The van der Waals surface area contributed by atoms with E-state index in [-0.39, 0.29) is 18.4 Å². The van der Waals surface area contributed by atoms with E-state index < -0.39 is 0 Å². The highest BCUT2D eigenvalue weighted by Crippen LogP contribution is 2.26. The Morgan fingerprint density at radius 3 is 2.00 bits per heavy atom. The predicted octanol–water partition coefficient (Wildman–Crippen LogP) is 3.03. The zero-order valence-corrected chi connectivity index (χ0v) is 17.2. The number of para-hydroxylation sites is 2. The molecule has 1 heterocycles. The van der Waals surface area contributed by atoms with Gasteiger partial charge in [0.15, 0.2) is 18.1 Å². The van der Waals surface area contributed by atoms with Gasteiger partial charge in [-0.1, -0.05) is 35.9 Å². The number of hydrogen-bond acceptors (Lipinski definition) is 4. The molecule has 1 aliphatic rings. The van der Waals surface area contributed by atoms with E-state index in [1.54, 1.807) is 28.0 Å². The summed E-state index contributed by atoms with van der Waals surface area (Å²) in [5, 5.41) is 0.652. The van der Waals surface area contributed by atoms with Crippen molar-refractivity contribution in [3.05, 3.63) is 59.1 Å². The van der Waals surface area contributed by atoms with Crippen molar-refractivity contribution in [3.8, 4) is 11.5 Å². The van der Waals surface area contributed by atoms with E-state index in [1.807, 2.05) is 37.3 Å². The van der Waals surface area contributed by atoms with Crippen LogP contribution < -0.4 is 9.47 Å². The Bertz CT molecular complexity index is 833. The van der Waals surface area contributed by atoms with E-state index in [0.717, 1.165) is 5.56 Å². The maximum Gasteiger partial charge on any atom is 0.260 e. The fourth-order valence-electron chi connectivity index (χ4n) is 3.17. The largest absolute Gasteiger partial charge is 0.490 e. The van der Waals surface area contributed by atoms with E-state index >= 15 is 0 Å². The Labute approximate surface area is 176 Å². The summed E-state index contributed by atoms with van der Waals surface area (Å²) in [6, 6.07) is 14.6. The van der Waals surface area contributed by atoms with E-state index in [4.69, 9.17) is 21.1 Å². The molecule has 2 aromatic carbocycles. The van der Waals surface area contributed by atoms with Crippen molar-refractivity contribution < 1.29 is 19.1 Å². The lowest BCUT2D eigenvalue weighted by Crippen LogP contribution is -2.52. The first-order valence-corrected chi connectivity index (χ1v) is 10.1. The number of rotatable bonds is 7. The Kier molecular flexibility index (Phi) is 7.36. The van der Waals surface area contributed by atoms with Gasteiger partial charge in [-0.3, -0.25) is 9.59 Å². The highest BCUT2D eigenvalue weighted by Gasteiger charge is 2.24. The van der Waals surface area contributed by atoms with Crippen LogP contribution in [0.5, 0.6) is 11.5 Å². The maximum absolute atomic E-state index is 12.5. The number of ether oxygens (including phenoxy) is 2. The van der Waals surface area contributed by atoms with Gasteiger partial charge in [0.05, 0.1) is 13.0 Å². The summed E-state index contributed by atoms with van der Waals surface area (Å²) in [4.78, 5) is 28.5. The molecule has 0 unspecified atom stereocenters. The molecule has 29 heavy (non-hydrogen) atoms. The summed E-state index contributed by atoms with van der Waals surface area (Å²) in [6.07, 6.45) is 0.336. The zero-order chi connectivity index (χ0) is 20.6. The summed E-state index contributed by atoms with van der Waals surface area (Å²) >= 11 is 5.88. The average Bonchev–Trinajstić information content (AvgIpc) is 2.75. The van der Waals surface area contributed by atoms with Gasteiger partial charge >= 0.3 is 0 Å². The summed E-state index contributed by atoms with van der Waals surface area (Å²) in [5.74, 6) is 1.14. The molecule has 0 aromatic heterocycles. The van der Waals surface area contributed by atoms with Crippen LogP contribution in [0.25, 0.3) is 0 Å². The summed E-state index contributed by atoms with van der Waals surface area (Å²) < 4.78 is 11.2. The standard InChI is InChI=1S/C22H25ClN2O4/c1-2-28-19-5-3-4-6-20(19)29-16-22(27)25-13-11-24(12-14-25)21(26)15-17-7-9-18(23)10-8-17/h3-10H,2,11-16H2,1H3. The van der Waals surface area contributed by atoms with Gasteiger partial charge in [0.1, 0.15) is 0 Å². The number of piperazine rings is 1. The van der Waals surface area contributed by atoms with Crippen LogP contribution in [0.1, 0.15) is 12.5 Å². The second-order valence-electron chi connectivity index (χ2n) is 6.73. The second kappa shape index (κ2) is 10.2. The lowest BCUT2D eigenvalue weighted by Gasteiger charge is -2.34. The van der Waals surface area contributed by atoms with Crippen molar-refractivity contribution >= 4 is 23.4 Å². The van der Waals surface area contributed by atoms with Crippen LogP contribution in [-0.2, 0) is 16.0 Å². The van der Waals surface area contributed by atoms with Gasteiger partial charge in [0.2, 0.25) is 5.91 Å². The van der Waals surface area contributed by atoms with Crippen LogP contribution in [0.3, 0.4) is 0 Å². The molecule has 0 radical (unpaired) electrons. The second-order valence-corrected chi connectivity index (χ2v) is 7.17. The lowest BCUT2D eigenvalue weighted by atomic mass is 10.1. The molecule has 0 bridgehead atoms. The van der Waals surface area contributed by atoms with Gasteiger partial charge < -0.3 is 19.3 Å². The fraction of sp³-hybridized carbons (Fsp3) is 0.364. The fourth-order valence-corrected chi connectivity index (χ4v) is 3.29. The van der Waals surface area contributed by atoms with Crippen LogP contribution in [-0.4, -0.2) is 61.0 Å². The van der Waals surface area contributed by atoms with Crippen molar-refractivity contribution in [1.29, 1.82) is 0 Å². The number of amides is 2. The molecule has 0 atom stereocenters. The molecule has 0 spiro atoms. The molecule has 7 heteroatoms. The minimum atomic E-state index is -0.0962. The third-order valence-corrected chi connectivity index (χ3v) is 5.01. The Morgan fingerprint density at radius 1 is 0.862 bits per heavy atom. The van der Waals surface area contributed by atoms with Crippen LogP contribution in [0.2, 0.25) is 5.02 Å². The van der Waals surface area contributed by atoms with Crippen molar-refractivity contribution in [3.63, 3.8) is 0 Å². The molecule has 0 N–H and O–H groups in total. The van der Waals surface area contributed by atoms with Crippen LogP contribution in [0.15, 0.2) is 48.5 Å². The van der Waals surface area contributed by atoms with Crippen LogP contribution in [0.4, 0.5) is 0 Å². The molecule has 0 aliphatic carbocycles. The first-order chi connectivity index (χ1) is 14.1. The first kappa shape index (κ1) is 21.0. The number of carbonyl (C=O) groups excluding carboxylic acids is 2. The van der Waals surface area contributed by atoms with Gasteiger partial charge in [-0.25, -0.2) is 0 Å². The molecule has 154 valence electrons. The Hall–Kier alpha value is -2.73. The number of halogens is 1. The predicted molar refractivity (Wildman–Crippen MR) is 111 cm³/mol. The lowest BCUT2D eigenvalue weighted by molar-refractivity contribution is -0.140. The summed E-state index contributed by atoms with van der Waals surface area (Å²) in [7, 11) is 0. The summed E-state index contributed by atoms with van der Waals surface area (Å²) in [5.41, 5.74) is 0.930. The number of hydrogen-bond donors (Lipinski definition) is 0. The van der Waals surface area contributed by atoms with Gasteiger partial charge in [0.25, 0.3) is 5.91 Å². The molecule has 1 saturated heterocycles. The normalized spacial score (nSPS) is 13.9. The van der Waals surface area contributed by atoms with Crippen LogP contribution >= 0.6 is 11.6 Å². The quantitative estimate of drug-likeness (QED) is 0.696. The van der Waals surface area contributed by atoms with Gasteiger partial charge in [-0.05, 0) is 36.8 Å². The highest BCUT2D eigenvalue weighted by molar-refractivity contribution is 6.30. The van der Waals surface area contributed by atoms with E-state index in [1.165, 1.54) is 0 Å².